The molecule has 240 valence electrons. The van der Waals surface area contributed by atoms with Crippen molar-refractivity contribution in [3.05, 3.63) is 100 Å². The highest BCUT2D eigenvalue weighted by Gasteiger charge is 2.29. The number of halogens is 1. The molecule has 3 heterocycles. The van der Waals surface area contributed by atoms with Crippen LogP contribution in [0, 0.1) is 0 Å². The van der Waals surface area contributed by atoms with Crippen molar-refractivity contribution >= 4 is 50.2 Å². The maximum absolute atomic E-state index is 12.9. The summed E-state index contributed by atoms with van der Waals surface area (Å²) in [6, 6.07) is 22.7. The molecular weight excluding hydrogens is 638 g/mol. The molecule has 1 N–H and O–H groups in total. The van der Waals surface area contributed by atoms with Gasteiger partial charge in [0.05, 0.1) is 4.90 Å². The molecule has 1 aliphatic heterocycles. The normalized spacial score (nSPS) is 13.6. The number of hydrogen-bond donors (Lipinski definition) is 1. The number of anilines is 1. The zero-order valence-electron chi connectivity index (χ0n) is 26.7. The number of thiocarbonyl (C=S) groups is 1. The van der Waals surface area contributed by atoms with Crippen molar-refractivity contribution in [2.24, 2.45) is 0 Å². The van der Waals surface area contributed by atoms with E-state index in [0.717, 1.165) is 65.4 Å². The average molecular weight is 676 g/mol. The Morgan fingerprint density at radius 2 is 1.76 bits per heavy atom. The first kappa shape index (κ1) is 32.2. The molecule has 46 heavy (non-hydrogen) atoms. The van der Waals surface area contributed by atoms with Gasteiger partial charge in [-0.1, -0.05) is 74.9 Å². The van der Waals surface area contributed by atoms with E-state index in [0.29, 0.717) is 22.3 Å². The molecule has 0 aliphatic carbocycles. The first-order chi connectivity index (χ1) is 21.8. The second-order valence-corrected chi connectivity index (χ2v) is 15.8. The van der Waals surface area contributed by atoms with Crippen LogP contribution in [0.5, 0.6) is 5.75 Å². The Morgan fingerprint density at radius 1 is 1.04 bits per heavy atom. The fourth-order valence-electron chi connectivity index (χ4n) is 5.88. The van der Waals surface area contributed by atoms with Crippen LogP contribution in [-0.2, 0) is 35.0 Å². The summed E-state index contributed by atoms with van der Waals surface area (Å²) >= 11 is 12.4. The van der Waals surface area contributed by atoms with Crippen molar-refractivity contribution in [3.63, 3.8) is 0 Å². The van der Waals surface area contributed by atoms with Gasteiger partial charge in [-0.3, -0.25) is 0 Å². The van der Waals surface area contributed by atoms with Crippen LogP contribution in [0.15, 0.2) is 77.7 Å². The Kier molecular flexibility index (Phi) is 8.75. The van der Waals surface area contributed by atoms with E-state index in [1.54, 1.807) is 24.3 Å². The van der Waals surface area contributed by atoms with Gasteiger partial charge < -0.3 is 14.6 Å². The standard InChI is InChI=1S/C35H38ClN5O3S2/c1-35(2,3)24-14-18-27(19-15-24)44-22-30-38-41-32(33(45)37-26-9-8-10-28(21-26)46(42,43)39(4)5)31(23-12-16-25(36)17-13-23)29-11-6-7-20-40(30)34(29)41/h8-10,12-19,21H,6-7,11,20,22H2,1-5H3,(H,37,45). The van der Waals surface area contributed by atoms with E-state index in [4.69, 9.17) is 33.7 Å². The van der Waals surface area contributed by atoms with Gasteiger partial charge in [0.25, 0.3) is 0 Å². The first-order valence-corrected chi connectivity index (χ1v) is 17.5. The van der Waals surface area contributed by atoms with Gasteiger partial charge in [0.1, 0.15) is 28.7 Å². The van der Waals surface area contributed by atoms with Crippen molar-refractivity contribution in [2.45, 2.75) is 63.5 Å². The highest BCUT2D eigenvalue weighted by Crippen LogP contribution is 2.38. The van der Waals surface area contributed by atoms with Crippen LogP contribution in [0.1, 0.15) is 56.3 Å². The zero-order valence-corrected chi connectivity index (χ0v) is 29.1. The van der Waals surface area contributed by atoms with Crippen molar-refractivity contribution in [3.8, 4) is 16.9 Å². The van der Waals surface area contributed by atoms with E-state index in [-0.39, 0.29) is 10.3 Å². The lowest BCUT2D eigenvalue weighted by atomic mass is 9.87. The Morgan fingerprint density at radius 3 is 2.43 bits per heavy atom. The molecule has 6 rings (SSSR count). The maximum atomic E-state index is 12.9. The van der Waals surface area contributed by atoms with Gasteiger partial charge in [0.15, 0.2) is 5.82 Å². The summed E-state index contributed by atoms with van der Waals surface area (Å²) in [5, 5.41) is 9.07. The Bertz CT molecular complexity index is 2020. The third kappa shape index (κ3) is 6.19. The van der Waals surface area contributed by atoms with E-state index in [9.17, 15) is 8.42 Å². The summed E-state index contributed by atoms with van der Waals surface area (Å²) < 4.78 is 37.4. The summed E-state index contributed by atoms with van der Waals surface area (Å²) in [6.45, 7) is 7.69. The Labute approximate surface area is 281 Å². The van der Waals surface area contributed by atoms with Gasteiger partial charge in [-0.05, 0) is 78.3 Å². The highest BCUT2D eigenvalue weighted by molar-refractivity contribution is 7.89. The number of aromatic nitrogens is 3. The molecule has 0 unspecified atom stereocenters. The Hall–Kier alpha value is -3.70. The van der Waals surface area contributed by atoms with Crippen LogP contribution < -0.4 is 10.1 Å². The molecule has 1 aliphatic rings. The lowest BCUT2D eigenvalue weighted by Gasteiger charge is -2.19. The molecule has 3 aromatic carbocycles. The quantitative estimate of drug-likeness (QED) is 0.170. The maximum Gasteiger partial charge on any atom is 0.242 e. The average Bonchev–Trinajstić information content (AvgIpc) is 3.42. The molecule has 0 radical (unpaired) electrons. The second-order valence-electron chi connectivity index (χ2n) is 12.8. The molecule has 2 aromatic heterocycles. The van der Waals surface area contributed by atoms with Gasteiger partial charge in [-0.15, -0.1) is 5.10 Å². The lowest BCUT2D eigenvalue weighted by Crippen LogP contribution is -2.22. The molecule has 8 nitrogen and oxygen atoms in total. The number of nitrogens with zero attached hydrogens (tertiary/aromatic N) is 4. The fraction of sp³-hybridized carbons (Fsp3) is 0.314. The number of hydrogen-bond acceptors (Lipinski definition) is 5. The van der Waals surface area contributed by atoms with E-state index in [1.165, 1.54) is 24.0 Å². The largest absolute Gasteiger partial charge is 0.486 e. The minimum absolute atomic E-state index is 0.0621. The van der Waals surface area contributed by atoms with Crippen LogP contribution in [0.4, 0.5) is 5.69 Å². The topological polar surface area (TPSA) is 80.9 Å². The fourth-order valence-corrected chi connectivity index (χ4v) is 7.26. The number of rotatable bonds is 8. The Balaban J connectivity index is 1.43. The van der Waals surface area contributed by atoms with Crippen LogP contribution in [0.25, 0.3) is 16.8 Å². The van der Waals surface area contributed by atoms with Crippen LogP contribution in [-0.4, -0.2) is 46.0 Å². The zero-order chi connectivity index (χ0) is 32.8. The molecule has 5 aromatic rings. The van der Waals surface area contributed by atoms with Crippen molar-refractivity contribution in [2.75, 3.05) is 19.4 Å². The highest BCUT2D eigenvalue weighted by atomic mass is 35.5. The van der Waals surface area contributed by atoms with Gasteiger partial charge in [-0.2, -0.15) is 0 Å². The summed E-state index contributed by atoms with van der Waals surface area (Å²) in [4.78, 5) is 0.610. The molecule has 0 saturated carbocycles. The third-order valence-electron chi connectivity index (χ3n) is 8.37. The minimum atomic E-state index is -3.62. The van der Waals surface area contributed by atoms with Gasteiger partial charge in [0, 0.05) is 42.5 Å². The number of benzene rings is 3. The smallest absolute Gasteiger partial charge is 0.242 e. The summed E-state index contributed by atoms with van der Waals surface area (Å²) in [6.07, 6.45) is 2.89. The number of sulfonamides is 1. The SMILES string of the molecule is CN(C)S(=O)(=O)c1cccc(NC(=S)c2c(-c3ccc(Cl)cc3)c3c4n(c(COc5ccc(C(C)(C)C)cc5)nn24)CCCC3)c1. The lowest BCUT2D eigenvalue weighted by molar-refractivity contribution is 0.288. The van der Waals surface area contributed by atoms with Gasteiger partial charge >= 0.3 is 0 Å². The van der Waals surface area contributed by atoms with Gasteiger partial charge in [0.2, 0.25) is 10.0 Å². The number of aryl methyl sites for hydroxylation is 2. The van der Waals surface area contributed by atoms with Crippen LogP contribution in [0.2, 0.25) is 5.02 Å². The van der Waals surface area contributed by atoms with Gasteiger partial charge in [-0.25, -0.2) is 17.2 Å². The summed E-state index contributed by atoms with van der Waals surface area (Å²) in [5.74, 6) is 1.60. The van der Waals surface area contributed by atoms with Crippen molar-refractivity contribution in [1.82, 2.24) is 18.5 Å². The molecule has 0 saturated heterocycles. The molecule has 0 fully saturated rings. The van der Waals surface area contributed by atoms with E-state index in [1.807, 2.05) is 40.9 Å². The molecule has 0 amide bonds. The summed E-state index contributed by atoms with van der Waals surface area (Å²) in [5.41, 5.74) is 6.75. The first-order valence-electron chi connectivity index (χ1n) is 15.3. The minimum Gasteiger partial charge on any atom is -0.486 e. The predicted molar refractivity (Wildman–Crippen MR) is 189 cm³/mol. The molecule has 0 atom stereocenters. The van der Waals surface area contributed by atoms with E-state index < -0.39 is 10.0 Å². The predicted octanol–water partition coefficient (Wildman–Crippen LogP) is 7.71. The van der Waals surface area contributed by atoms with Crippen LogP contribution >= 0.6 is 23.8 Å². The number of ether oxygens (including phenoxy) is 1. The molecule has 0 bridgehead atoms. The molecule has 11 heteroatoms. The monoisotopic (exact) mass is 675 g/mol. The van der Waals surface area contributed by atoms with Crippen molar-refractivity contribution in [1.29, 1.82) is 0 Å². The van der Waals surface area contributed by atoms with E-state index in [2.05, 4.69) is 42.8 Å². The third-order valence-corrected chi connectivity index (χ3v) is 10.7. The second kappa shape index (κ2) is 12.5. The number of nitrogens with one attached hydrogen (secondary N) is 1. The van der Waals surface area contributed by atoms with E-state index >= 15 is 0 Å². The van der Waals surface area contributed by atoms with Crippen LogP contribution in [0.3, 0.4) is 0 Å². The molecule has 0 spiro atoms. The van der Waals surface area contributed by atoms with Crippen molar-refractivity contribution < 1.29 is 13.2 Å². The summed E-state index contributed by atoms with van der Waals surface area (Å²) in [7, 11) is -0.596. The molecular formula is C35H38ClN5O3S2.